The quantitative estimate of drug-likeness (QED) is 0.688. The van der Waals surface area contributed by atoms with E-state index in [2.05, 4.69) is 10.4 Å². The molecule has 1 N–H and O–H groups in total. The van der Waals surface area contributed by atoms with Crippen LogP contribution in [0.15, 0.2) is 30.5 Å². The molecule has 1 saturated heterocycles. The lowest BCUT2D eigenvalue weighted by Gasteiger charge is -2.12. The Morgan fingerprint density at radius 1 is 1.35 bits per heavy atom. The van der Waals surface area contributed by atoms with Crippen molar-refractivity contribution in [2.75, 3.05) is 25.1 Å². The number of carbonyl (C=O) groups is 1. The Morgan fingerprint density at radius 2 is 2.15 bits per heavy atom. The van der Waals surface area contributed by atoms with Crippen LogP contribution in [0.25, 0.3) is 0 Å². The Morgan fingerprint density at radius 3 is 2.88 bits per heavy atom. The number of carbonyl (C=O) groups excluding carboxylic acids is 1. The van der Waals surface area contributed by atoms with Crippen molar-refractivity contribution in [3.05, 3.63) is 46.1 Å². The summed E-state index contributed by atoms with van der Waals surface area (Å²) in [5.41, 5.74) is 0.759. The third-order valence-corrected chi connectivity index (χ3v) is 4.86. The lowest BCUT2D eigenvalue weighted by Crippen LogP contribution is -2.20. The fraction of sp³-hybridized carbons (Fsp3) is 0.444. The molecular formula is C18H21Cl2N3O3. The number of rotatable bonds is 8. The van der Waals surface area contributed by atoms with Gasteiger partial charge >= 0.3 is 0 Å². The van der Waals surface area contributed by atoms with Gasteiger partial charge in [0.2, 0.25) is 5.91 Å². The van der Waals surface area contributed by atoms with Crippen LogP contribution in [0.3, 0.4) is 0 Å². The second-order valence-electron chi connectivity index (χ2n) is 6.08. The molecule has 1 aliphatic rings. The summed E-state index contributed by atoms with van der Waals surface area (Å²) in [5, 5.41) is 8.20. The molecule has 3 rings (SSSR count). The van der Waals surface area contributed by atoms with Gasteiger partial charge in [0, 0.05) is 28.3 Å². The summed E-state index contributed by atoms with van der Waals surface area (Å²) in [6, 6.07) is 7.07. The average Bonchev–Trinajstić information content (AvgIpc) is 3.27. The fourth-order valence-electron chi connectivity index (χ4n) is 2.76. The van der Waals surface area contributed by atoms with Crippen LogP contribution in [0, 0.1) is 0 Å². The van der Waals surface area contributed by atoms with E-state index in [0.717, 1.165) is 25.0 Å². The van der Waals surface area contributed by atoms with E-state index in [-0.39, 0.29) is 18.4 Å². The number of hydrogen-bond acceptors (Lipinski definition) is 4. The minimum Gasteiger partial charge on any atom is -0.378 e. The van der Waals surface area contributed by atoms with Crippen molar-refractivity contribution in [1.82, 2.24) is 9.78 Å². The number of anilines is 1. The molecule has 140 valence electrons. The molecule has 1 aliphatic heterocycles. The van der Waals surface area contributed by atoms with E-state index < -0.39 is 0 Å². The molecule has 1 fully saturated rings. The number of aromatic nitrogens is 2. The third-order valence-electron chi connectivity index (χ3n) is 4.15. The molecule has 0 spiro atoms. The number of halogens is 2. The third kappa shape index (κ3) is 5.20. The van der Waals surface area contributed by atoms with E-state index in [1.54, 1.807) is 35.1 Å². The lowest BCUT2D eigenvalue weighted by atomic mass is 10.2. The van der Waals surface area contributed by atoms with E-state index in [9.17, 15) is 4.79 Å². The van der Waals surface area contributed by atoms with Gasteiger partial charge in [0.15, 0.2) is 0 Å². The van der Waals surface area contributed by atoms with Gasteiger partial charge in [-0.25, -0.2) is 4.68 Å². The summed E-state index contributed by atoms with van der Waals surface area (Å²) < 4.78 is 12.7. The Hall–Kier alpha value is -1.60. The smallest absolute Gasteiger partial charge is 0.227 e. The van der Waals surface area contributed by atoms with Crippen LogP contribution in [0.1, 0.15) is 24.8 Å². The molecule has 1 unspecified atom stereocenters. The number of benzene rings is 1. The first kappa shape index (κ1) is 19.2. The number of nitrogens with one attached hydrogen (secondary N) is 1. The molecule has 1 aromatic carbocycles. The van der Waals surface area contributed by atoms with Crippen molar-refractivity contribution in [3.63, 3.8) is 0 Å². The van der Waals surface area contributed by atoms with Crippen molar-refractivity contribution in [2.24, 2.45) is 0 Å². The summed E-state index contributed by atoms with van der Waals surface area (Å²) in [5.74, 6) is 0.453. The van der Waals surface area contributed by atoms with Crippen LogP contribution in [0.5, 0.6) is 0 Å². The van der Waals surface area contributed by atoms with Gasteiger partial charge in [-0.1, -0.05) is 29.3 Å². The summed E-state index contributed by atoms with van der Waals surface area (Å²) in [6.07, 6.45) is 4.16. The lowest BCUT2D eigenvalue weighted by molar-refractivity contribution is -0.117. The molecular weight excluding hydrogens is 377 g/mol. The normalized spacial score (nSPS) is 16.8. The molecule has 0 aliphatic carbocycles. The highest BCUT2D eigenvalue weighted by molar-refractivity contribution is 6.35. The van der Waals surface area contributed by atoms with Gasteiger partial charge < -0.3 is 14.8 Å². The van der Waals surface area contributed by atoms with Gasteiger partial charge in [0.05, 0.1) is 38.5 Å². The largest absolute Gasteiger partial charge is 0.378 e. The Labute approximate surface area is 162 Å². The summed E-state index contributed by atoms with van der Waals surface area (Å²) >= 11 is 12.4. The standard InChI is InChI=1S/C18H21Cl2N3O3/c19-15-4-1-5-16(20)14(15)11-23-17(6-8-21-23)22-18(24)7-10-25-12-13-3-2-9-26-13/h1,4-6,8,13H,2-3,7,9-12H2,(H,22,24). The first-order valence-corrected chi connectivity index (χ1v) is 9.33. The van der Waals surface area contributed by atoms with Crippen molar-refractivity contribution < 1.29 is 14.3 Å². The maximum absolute atomic E-state index is 12.1. The summed E-state index contributed by atoms with van der Waals surface area (Å²) in [6.45, 7) is 2.07. The van der Waals surface area contributed by atoms with Crippen molar-refractivity contribution in [3.8, 4) is 0 Å². The van der Waals surface area contributed by atoms with E-state index in [4.69, 9.17) is 32.7 Å². The number of amides is 1. The highest BCUT2D eigenvalue weighted by Crippen LogP contribution is 2.26. The molecule has 0 saturated carbocycles. The van der Waals surface area contributed by atoms with Crippen LogP contribution in [-0.2, 0) is 20.8 Å². The van der Waals surface area contributed by atoms with Crippen LogP contribution in [0.2, 0.25) is 10.0 Å². The number of hydrogen-bond donors (Lipinski definition) is 1. The van der Waals surface area contributed by atoms with Gasteiger partial charge in [-0.15, -0.1) is 0 Å². The Bertz CT molecular complexity index is 725. The van der Waals surface area contributed by atoms with Crippen LogP contribution >= 0.6 is 23.2 Å². The molecule has 2 aromatic rings. The molecule has 2 heterocycles. The summed E-state index contributed by atoms with van der Waals surface area (Å²) in [7, 11) is 0. The maximum Gasteiger partial charge on any atom is 0.227 e. The van der Waals surface area contributed by atoms with E-state index in [1.807, 2.05) is 0 Å². The first-order chi connectivity index (χ1) is 12.6. The maximum atomic E-state index is 12.1. The molecule has 6 nitrogen and oxygen atoms in total. The van der Waals surface area contributed by atoms with E-state index in [1.165, 1.54) is 0 Å². The van der Waals surface area contributed by atoms with Gasteiger partial charge in [-0.3, -0.25) is 4.79 Å². The predicted molar refractivity (Wildman–Crippen MR) is 101 cm³/mol. The van der Waals surface area contributed by atoms with Crippen LogP contribution in [-0.4, -0.2) is 41.6 Å². The highest BCUT2D eigenvalue weighted by atomic mass is 35.5. The van der Waals surface area contributed by atoms with Gasteiger partial charge in [-0.05, 0) is 25.0 Å². The fourth-order valence-corrected chi connectivity index (χ4v) is 3.28. The van der Waals surface area contributed by atoms with Gasteiger partial charge in [-0.2, -0.15) is 5.10 Å². The topological polar surface area (TPSA) is 65.4 Å². The molecule has 1 aromatic heterocycles. The zero-order valence-corrected chi connectivity index (χ0v) is 15.8. The highest BCUT2D eigenvalue weighted by Gasteiger charge is 2.16. The molecule has 1 atom stereocenters. The monoisotopic (exact) mass is 397 g/mol. The SMILES string of the molecule is O=C(CCOCC1CCCO1)Nc1ccnn1Cc1c(Cl)cccc1Cl. The van der Waals surface area contributed by atoms with Gasteiger partial charge in [0.1, 0.15) is 5.82 Å². The Balaban J connectivity index is 1.49. The van der Waals surface area contributed by atoms with Crippen LogP contribution in [0.4, 0.5) is 5.82 Å². The Kier molecular flexibility index (Phi) is 6.91. The summed E-state index contributed by atoms with van der Waals surface area (Å²) in [4.78, 5) is 12.1. The first-order valence-electron chi connectivity index (χ1n) is 8.57. The zero-order valence-electron chi connectivity index (χ0n) is 14.3. The number of nitrogens with zero attached hydrogens (tertiary/aromatic N) is 2. The molecule has 8 heteroatoms. The second-order valence-corrected chi connectivity index (χ2v) is 6.90. The van der Waals surface area contributed by atoms with Crippen molar-refractivity contribution in [2.45, 2.75) is 31.9 Å². The molecule has 0 radical (unpaired) electrons. The van der Waals surface area contributed by atoms with E-state index in [0.29, 0.717) is 35.6 Å². The van der Waals surface area contributed by atoms with Crippen LogP contribution < -0.4 is 5.32 Å². The molecule has 26 heavy (non-hydrogen) atoms. The number of ether oxygens (including phenoxy) is 2. The average molecular weight is 398 g/mol. The molecule has 1 amide bonds. The minimum atomic E-state index is -0.135. The van der Waals surface area contributed by atoms with E-state index >= 15 is 0 Å². The predicted octanol–water partition coefficient (Wildman–Crippen LogP) is 3.76. The van der Waals surface area contributed by atoms with Crippen molar-refractivity contribution in [1.29, 1.82) is 0 Å². The van der Waals surface area contributed by atoms with Gasteiger partial charge in [0.25, 0.3) is 0 Å². The molecule has 0 bridgehead atoms. The zero-order chi connectivity index (χ0) is 18.4. The second kappa shape index (κ2) is 9.37. The minimum absolute atomic E-state index is 0.135. The van der Waals surface area contributed by atoms with Crippen molar-refractivity contribution >= 4 is 34.9 Å².